The van der Waals surface area contributed by atoms with Gasteiger partial charge >= 0.3 is 0 Å². The summed E-state index contributed by atoms with van der Waals surface area (Å²) in [5.41, 5.74) is 0.734. The van der Waals surface area contributed by atoms with E-state index in [9.17, 15) is 4.39 Å². The SMILES string of the molecule is CCCCCCC(NCC)c1ccc(Cl)cc1F. The number of nitrogens with one attached hydrogen (secondary N) is 1. The molecular weight excluding hydrogens is 249 g/mol. The van der Waals surface area contributed by atoms with Crippen LogP contribution >= 0.6 is 11.6 Å². The number of rotatable bonds is 8. The first-order chi connectivity index (χ1) is 8.69. The summed E-state index contributed by atoms with van der Waals surface area (Å²) < 4.78 is 13.9. The highest BCUT2D eigenvalue weighted by Gasteiger charge is 2.14. The molecule has 0 aromatic heterocycles. The van der Waals surface area contributed by atoms with Gasteiger partial charge in [0.05, 0.1) is 0 Å². The summed E-state index contributed by atoms with van der Waals surface area (Å²) in [6, 6.07) is 5.05. The summed E-state index contributed by atoms with van der Waals surface area (Å²) in [4.78, 5) is 0. The van der Waals surface area contributed by atoms with E-state index < -0.39 is 0 Å². The van der Waals surface area contributed by atoms with Gasteiger partial charge < -0.3 is 5.32 Å². The molecule has 18 heavy (non-hydrogen) atoms. The zero-order chi connectivity index (χ0) is 13.4. The molecule has 0 aliphatic rings. The minimum atomic E-state index is -0.205. The molecule has 1 N–H and O–H groups in total. The van der Waals surface area contributed by atoms with Crippen LogP contribution in [0.2, 0.25) is 5.02 Å². The zero-order valence-electron chi connectivity index (χ0n) is 11.3. The van der Waals surface area contributed by atoms with Gasteiger partial charge in [-0.05, 0) is 25.1 Å². The number of benzene rings is 1. The monoisotopic (exact) mass is 271 g/mol. The lowest BCUT2D eigenvalue weighted by Gasteiger charge is -2.19. The van der Waals surface area contributed by atoms with Gasteiger partial charge in [-0.3, -0.25) is 0 Å². The topological polar surface area (TPSA) is 12.0 Å². The minimum absolute atomic E-state index is 0.101. The van der Waals surface area contributed by atoms with E-state index in [1.54, 1.807) is 12.1 Å². The molecule has 102 valence electrons. The van der Waals surface area contributed by atoms with Crippen LogP contribution in [-0.2, 0) is 0 Å². The lowest BCUT2D eigenvalue weighted by Crippen LogP contribution is -2.21. The Kier molecular flexibility index (Phi) is 7.29. The molecule has 0 aliphatic carbocycles. The third kappa shape index (κ3) is 4.95. The van der Waals surface area contributed by atoms with Crippen molar-refractivity contribution in [1.29, 1.82) is 0 Å². The van der Waals surface area contributed by atoms with Crippen LogP contribution in [0.1, 0.15) is 57.6 Å². The molecule has 0 bridgehead atoms. The summed E-state index contributed by atoms with van der Waals surface area (Å²) in [5, 5.41) is 3.81. The summed E-state index contributed by atoms with van der Waals surface area (Å²) in [5.74, 6) is -0.205. The van der Waals surface area contributed by atoms with Crippen LogP contribution in [0.5, 0.6) is 0 Å². The van der Waals surface area contributed by atoms with Crippen molar-refractivity contribution in [3.05, 3.63) is 34.6 Å². The fraction of sp³-hybridized carbons (Fsp3) is 0.600. The fourth-order valence-corrected chi connectivity index (χ4v) is 2.33. The highest BCUT2D eigenvalue weighted by Crippen LogP contribution is 2.25. The maximum atomic E-state index is 13.9. The van der Waals surface area contributed by atoms with Crippen molar-refractivity contribution in [1.82, 2.24) is 5.32 Å². The summed E-state index contributed by atoms with van der Waals surface area (Å²) in [6.07, 6.45) is 5.80. The first-order valence-electron chi connectivity index (χ1n) is 6.87. The van der Waals surface area contributed by atoms with Gasteiger partial charge in [-0.1, -0.05) is 57.2 Å². The Morgan fingerprint density at radius 3 is 2.61 bits per heavy atom. The van der Waals surface area contributed by atoms with Crippen LogP contribution in [0, 0.1) is 5.82 Å². The first kappa shape index (κ1) is 15.5. The number of unbranched alkanes of at least 4 members (excludes halogenated alkanes) is 3. The Hall–Kier alpha value is -0.600. The minimum Gasteiger partial charge on any atom is -0.310 e. The average molecular weight is 272 g/mol. The van der Waals surface area contributed by atoms with Gasteiger partial charge in [0, 0.05) is 16.6 Å². The lowest BCUT2D eigenvalue weighted by molar-refractivity contribution is 0.461. The maximum Gasteiger partial charge on any atom is 0.129 e. The maximum absolute atomic E-state index is 13.9. The second-order valence-corrected chi connectivity index (χ2v) is 5.06. The Morgan fingerprint density at radius 2 is 2.00 bits per heavy atom. The van der Waals surface area contributed by atoms with Crippen LogP contribution in [0.25, 0.3) is 0 Å². The molecule has 0 fully saturated rings. The summed E-state index contributed by atoms with van der Waals surface area (Å²) in [7, 11) is 0. The molecule has 0 amide bonds. The molecule has 0 saturated carbocycles. The Morgan fingerprint density at radius 1 is 1.22 bits per heavy atom. The Balaban J connectivity index is 2.64. The molecule has 0 heterocycles. The van der Waals surface area contributed by atoms with Crippen molar-refractivity contribution >= 4 is 11.6 Å². The van der Waals surface area contributed by atoms with E-state index >= 15 is 0 Å². The fourth-order valence-electron chi connectivity index (χ4n) is 2.17. The van der Waals surface area contributed by atoms with Crippen LogP contribution in [0.15, 0.2) is 18.2 Å². The molecule has 1 aromatic carbocycles. The van der Waals surface area contributed by atoms with Gasteiger partial charge in [0.25, 0.3) is 0 Å². The van der Waals surface area contributed by atoms with Crippen molar-refractivity contribution in [2.24, 2.45) is 0 Å². The molecular formula is C15H23ClFN. The van der Waals surface area contributed by atoms with E-state index in [0.29, 0.717) is 5.02 Å². The van der Waals surface area contributed by atoms with Gasteiger partial charge in [-0.25, -0.2) is 4.39 Å². The third-order valence-electron chi connectivity index (χ3n) is 3.13. The van der Waals surface area contributed by atoms with E-state index in [4.69, 9.17) is 11.6 Å². The average Bonchev–Trinajstić information content (AvgIpc) is 2.34. The zero-order valence-corrected chi connectivity index (χ0v) is 12.1. The van der Waals surface area contributed by atoms with Gasteiger partial charge in [-0.2, -0.15) is 0 Å². The van der Waals surface area contributed by atoms with Crippen molar-refractivity contribution in [2.45, 2.75) is 52.0 Å². The Labute approximate surface area is 115 Å². The number of hydrogen-bond donors (Lipinski definition) is 1. The van der Waals surface area contributed by atoms with E-state index in [0.717, 1.165) is 24.9 Å². The highest BCUT2D eigenvalue weighted by molar-refractivity contribution is 6.30. The normalized spacial score (nSPS) is 12.7. The quantitative estimate of drug-likeness (QED) is 0.649. The summed E-state index contributed by atoms with van der Waals surface area (Å²) in [6.45, 7) is 5.09. The number of halogens is 2. The van der Waals surface area contributed by atoms with E-state index in [1.807, 2.05) is 6.92 Å². The van der Waals surface area contributed by atoms with E-state index in [1.165, 1.54) is 25.3 Å². The molecule has 1 unspecified atom stereocenters. The predicted molar refractivity (Wildman–Crippen MR) is 76.6 cm³/mol. The Bertz CT molecular complexity index is 354. The third-order valence-corrected chi connectivity index (χ3v) is 3.37. The molecule has 3 heteroatoms. The van der Waals surface area contributed by atoms with E-state index in [2.05, 4.69) is 12.2 Å². The van der Waals surface area contributed by atoms with Gasteiger partial charge in [0.15, 0.2) is 0 Å². The van der Waals surface area contributed by atoms with Crippen molar-refractivity contribution in [2.75, 3.05) is 6.54 Å². The van der Waals surface area contributed by atoms with Gasteiger partial charge in [0.1, 0.15) is 5.82 Å². The standard InChI is InChI=1S/C15H23ClFN/c1-3-5-6-7-8-15(18-4-2)13-10-9-12(16)11-14(13)17/h9-11,15,18H,3-8H2,1-2H3. The molecule has 0 spiro atoms. The summed E-state index contributed by atoms with van der Waals surface area (Å²) >= 11 is 5.78. The van der Waals surface area contributed by atoms with Crippen molar-refractivity contribution < 1.29 is 4.39 Å². The predicted octanol–water partition coefficient (Wildman–Crippen LogP) is 5.10. The molecule has 0 radical (unpaired) electrons. The molecule has 0 saturated heterocycles. The molecule has 0 aliphatic heterocycles. The highest BCUT2D eigenvalue weighted by atomic mass is 35.5. The van der Waals surface area contributed by atoms with Gasteiger partial charge in [0.2, 0.25) is 0 Å². The largest absolute Gasteiger partial charge is 0.310 e. The molecule has 1 rings (SSSR count). The van der Waals surface area contributed by atoms with Crippen LogP contribution in [0.4, 0.5) is 4.39 Å². The molecule has 1 aromatic rings. The van der Waals surface area contributed by atoms with Crippen LogP contribution < -0.4 is 5.32 Å². The van der Waals surface area contributed by atoms with Crippen LogP contribution in [-0.4, -0.2) is 6.54 Å². The smallest absolute Gasteiger partial charge is 0.129 e. The first-order valence-corrected chi connectivity index (χ1v) is 7.25. The number of hydrogen-bond acceptors (Lipinski definition) is 1. The lowest BCUT2D eigenvalue weighted by atomic mass is 9.99. The second-order valence-electron chi connectivity index (χ2n) is 4.63. The van der Waals surface area contributed by atoms with Crippen LogP contribution in [0.3, 0.4) is 0 Å². The van der Waals surface area contributed by atoms with Gasteiger partial charge in [-0.15, -0.1) is 0 Å². The molecule has 1 nitrogen and oxygen atoms in total. The second kappa shape index (κ2) is 8.49. The molecule has 1 atom stereocenters. The van der Waals surface area contributed by atoms with E-state index in [-0.39, 0.29) is 11.9 Å². The van der Waals surface area contributed by atoms with Crippen molar-refractivity contribution in [3.8, 4) is 0 Å². The van der Waals surface area contributed by atoms with Crippen molar-refractivity contribution in [3.63, 3.8) is 0 Å².